The average Bonchev–Trinajstić information content (AvgIpc) is 2.67. The molecule has 2 aromatic carbocycles. The number of nitriles is 1. The number of Topliss-reactive ketones (excluding diaryl/α,β-unsaturated/α-hetero) is 1. The van der Waals surface area contributed by atoms with E-state index in [1.807, 2.05) is 32.0 Å². The molecule has 140 valence electrons. The molecule has 1 heterocycles. The number of nitrogens with zero attached hydrogens (tertiary/aromatic N) is 2. The molecule has 5 nitrogen and oxygen atoms in total. The van der Waals surface area contributed by atoms with E-state index in [2.05, 4.69) is 16.4 Å². The molecule has 0 saturated carbocycles. The van der Waals surface area contributed by atoms with Crippen LogP contribution in [0.4, 0.5) is 5.69 Å². The van der Waals surface area contributed by atoms with Crippen molar-refractivity contribution in [1.82, 2.24) is 4.98 Å². The third-order valence-corrected chi connectivity index (χ3v) is 5.40. The van der Waals surface area contributed by atoms with Gasteiger partial charge in [0, 0.05) is 16.6 Å². The minimum absolute atomic E-state index is 0.0602. The van der Waals surface area contributed by atoms with Gasteiger partial charge in [-0.15, -0.1) is 0 Å². The minimum Gasteiger partial charge on any atom is -0.325 e. The van der Waals surface area contributed by atoms with Gasteiger partial charge in [-0.1, -0.05) is 23.9 Å². The molecule has 0 radical (unpaired) electrons. The van der Waals surface area contributed by atoms with Crippen LogP contribution in [0.1, 0.15) is 34.0 Å². The van der Waals surface area contributed by atoms with Gasteiger partial charge in [-0.25, -0.2) is 4.98 Å². The first-order valence-corrected chi connectivity index (χ1v) is 9.71. The number of ketones is 1. The maximum atomic E-state index is 12.3. The van der Waals surface area contributed by atoms with Crippen molar-refractivity contribution in [2.75, 3.05) is 11.1 Å². The number of nitrogens with one attached hydrogen (secondary N) is 1. The second-order valence-corrected chi connectivity index (χ2v) is 7.52. The molecule has 28 heavy (non-hydrogen) atoms. The summed E-state index contributed by atoms with van der Waals surface area (Å²) in [5, 5.41) is 13.7. The number of carbonyl (C=O) groups excluding carboxylic acids is 2. The number of carbonyl (C=O) groups is 2. The van der Waals surface area contributed by atoms with Crippen LogP contribution in [0.2, 0.25) is 0 Å². The highest BCUT2D eigenvalue weighted by atomic mass is 32.2. The normalized spacial score (nSPS) is 10.5. The maximum absolute atomic E-state index is 12.3. The fraction of sp³-hybridized carbons (Fsp3) is 0.182. The molecule has 0 aliphatic heterocycles. The lowest BCUT2D eigenvalue weighted by Crippen LogP contribution is -2.14. The van der Waals surface area contributed by atoms with Gasteiger partial charge in [-0.2, -0.15) is 5.26 Å². The number of hydrogen-bond donors (Lipinski definition) is 1. The van der Waals surface area contributed by atoms with Gasteiger partial charge in [0.15, 0.2) is 5.78 Å². The summed E-state index contributed by atoms with van der Waals surface area (Å²) in [6.07, 6.45) is 0. The van der Waals surface area contributed by atoms with E-state index in [0.717, 1.165) is 22.0 Å². The molecule has 1 amide bonds. The van der Waals surface area contributed by atoms with Crippen LogP contribution in [-0.2, 0) is 4.79 Å². The number of hydrogen-bond acceptors (Lipinski definition) is 5. The lowest BCUT2D eigenvalue weighted by molar-refractivity contribution is -0.113. The van der Waals surface area contributed by atoms with Gasteiger partial charge in [0.05, 0.1) is 16.8 Å². The van der Waals surface area contributed by atoms with Crippen LogP contribution in [0, 0.1) is 25.2 Å². The molecule has 0 unspecified atom stereocenters. The van der Waals surface area contributed by atoms with Crippen molar-refractivity contribution in [2.45, 2.75) is 25.8 Å². The first kappa shape index (κ1) is 19.6. The summed E-state index contributed by atoms with van der Waals surface area (Å²) in [7, 11) is 0. The molecule has 3 rings (SSSR count). The summed E-state index contributed by atoms with van der Waals surface area (Å²) in [5.41, 5.74) is 4.64. The number of benzene rings is 2. The van der Waals surface area contributed by atoms with E-state index in [9.17, 15) is 14.9 Å². The first-order chi connectivity index (χ1) is 13.4. The minimum atomic E-state index is -0.225. The second kappa shape index (κ2) is 8.24. The predicted octanol–water partition coefficient (Wildman–Crippen LogP) is 4.66. The van der Waals surface area contributed by atoms with Gasteiger partial charge in [0.25, 0.3) is 0 Å². The van der Waals surface area contributed by atoms with Crippen LogP contribution in [0.25, 0.3) is 10.9 Å². The van der Waals surface area contributed by atoms with Gasteiger partial charge in [0.2, 0.25) is 5.91 Å². The van der Waals surface area contributed by atoms with Crippen LogP contribution in [-0.4, -0.2) is 22.4 Å². The van der Waals surface area contributed by atoms with E-state index in [4.69, 9.17) is 0 Å². The Kier molecular flexibility index (Phi) is 5.76. The standard InChI is InChI=1S/C22H19N3O2S/c1-13-7-17-9-18(11-23)22(25-20(17)8-14(13)2)28-12-21(27)24-19-6-4-5-16(10-19)15(3)26/h4-10H,12H2,1-3H3,(H,24,27). The van der Waals surface area contributed by atoms with Crippen LogP contribution < -0.4 is 5.32 Å². The fourth-order valence-corrected chi connectivity index (χ4v) is 3.52. The smallest absolute Gasteiger partial charge is 0.234 e. The molecule has 0 atom stereocenters. The third kappa shape index (κ3) is 4.38. The van der Waals surface area contributed by atoms with E-state index in [0.29, 0.717) is 21.8 Å². The lowest BCUT2D eigenvalue weighted by Gasteiger charge is -2.09. The molecule has 0 fully saturated rings. The van der Waals surface area contributed by atoms with Crippen molar-refractivity contribution in [3.8, 4) is 6.07 Å². The van der Waals surface area contributed by atoms with E-state index >= 15 is 0 Å². The van der Waals surface area contributed by atoms with E-state index in [1.54, 1.807) is 24.3 Å². The Hall–Kier alpha value is -3.17. The van der Waals surface area contributed by atoms with Gasteiger partial charge >= 0.3 is 0 Å². The van der Waals surface area contributed by atoms with Crippen molar-refractivity contribution in [2.24, 2.45) is 0 Å². The highest BCUT2D eigenvalue weighted by molar-refractivity contribution is 8.00. The van der Waals surface area contributed by atoms with Crippen molar-refractivity contribution < 1.29 is 9.59 Å². The van der Waals surface area contributed by atoms with E-state index in [-0.39, 0.29) is 17.4 Å². The number of amides is 1. The van der Waals surface area contributed by atoms with Crippen LogP contribution >= 0.6 is 11.8 Å². The number of rotatable bonds is 5. The molecule has 1 N–H and O–H groups in total. The SMILES string of the molecule is CC(=O)c1cccc(NC(=O)CSc2nc3cc(C)c(C)cc3cc2C#N)c1. The molecule has 0 spiro atoms. The molecule has 0 saturated heterocycles. The molecule has 3 aromatic rings. The summed E-state index contributed by atoms with van der Waals surface area (Å²) < 4.78 is 0. The summed E-state index contributed by atoms with van der Waals surface area (Å²) in [6.45, 7) is 5.52. The highest BCUT2D eigenvalue weighted by Crippen LogP contribution is 2.26. The number of anilines is 1. The highest BCUT2D eigenvalue weighted by Gasteiger charge is 2.12. The summed E-state index contributed by atoms with van der Waals surface area (Å²) >= 11 is 1.22. The molecule has 0 aliphatic rings. The van der Waals surface area contributed by atoms with Crippen molar-refractivity contribution in [3.63, 3.8) is 0 Å². The van der Waals surface area contributed by atoms with Gasteiger partial charge in [-0.05, 0) is 62.2 Å². The topological polar surface area (TPSA) is 82.8 Å². The zero-order valence-corrected chi connectivity index (χ0v) is 16.7. The maximum Gasteiger partial charge on any atom is 0.234 e. The zero-order chi connectivity index (χ0) is 20.3. The molecular weight excluding hydrogens is 370 g/mol. The molecule has 1 aromatic heterocycles. The summed E-state index contributed by atoms with van der Waals surface area (Å²) in [5.74, 6) is -0.172. The Bertz CT molecular complexity index is 1130. The second-order valence-electron chi connectivity index (χ2n) is 6.56. The van der Waals surface area contributed by atoms with Gasteiger partial charge in [0.1, 0.15) is 11.1 Å². The average molecular weight is 389 g/mol. The predicted molar refractivity (Wildman–Crippen MR) is 112 cm³/mol. The van der Waals surface area contributed by atoms with Crippen molar-refractivity contribution in [1.29, 1.82) is 5.26 Å². The Balaban J connectivity index is 1.76. The van der Waals surface area contributed by atoms with Crippen LogP contribution in [0.3, 0.4) is 0 Å². The third-order valence-electron chi connectivity index (χ3n) is 4.41. The first-order valence-electron chi connectivity index (χ1n) is 8.73. The van der Waals surface area contributed by atoms with Crippen LogP contribution in [0.15, 0.2) is 47.5 Å². The van der Waals surface area contributed by atoms with Gasteiger partial charge in [-0.3, -0.25) is 9.59 Å². The monoisotopic (exact) mass is 389 g/mol. The quantitative estimate of drug-likeness (QED) is 0.507. The van der Waals surface area contributed by atoms with Gasteiger partial charge < -0.3 is 5.32 Å². The molecule has 6 heteroatoms. The Morgan fingerprint density at radius 1 is 1.14 bits per heavy atom. The Morgan fingerprint density at radius 3 is 2.61 bits per heavy atom. The lowest BCUT2D eigenvalue weighted by atomic mass is 10.1. The summed E-state index contributed by atoms with van der Waals surface area (Å²) in [4.78, 5) is 28.3. The van der Waals surface area contributed by atoms with Crippen molar-refractivity contribution >= 4 is 40.0 Å². The number of pyridine rings is 1. The number of aryl methyl sites for hydroxylation is 2. The Labute approximate surface area is 167 Å². The molecular formula is C22H19N3O2S. The number of aromatic nitrogens is 1. The molecule has 0 aliphatic carbocycles. The number of fused-ring (bicyclic) bond motifs is 1. The Morgan fingerprint density at radius 2 is 1.89 bits per heavy atom. The largest absolute Gasteiger partial charge is 0.325 e. The zero-order valence-electron chi connectivity index (χ0n) is 15.9. The number of thioether (sulfide) groups is 1. The van der Waals surface area contributed by atoms with E-state index in [1.165, 1.54) is 18.7 Å². The summed E-state index contributed by atoms with van der Waals surface area (Å²) in [6, 6.07) is 14.8. The fourth-order valence-electron chi connectivity index (χ4n) is 2.76. The van der Waals surface area contributed by atoms with Crippen LogP contribution in [0.5, 0.6) is 0 Å². The van der Waals surface area contributed by atoms with Crippen molar-refractivity contribution in [3.05, 3.63) is 64.7 Å². The molecule has 0 bridgehead atoms. The van der Waals surface area contributed by atoms with E-state index < -0.39 is 0 Å².